The van der Waals surface area contributed by atoms with Crippen molar-refractivity contribution in [2.75, 3.05) is 10.8 Å². The van der Waals surface area contributed by atoms with Crippen molar-refractivity contribution in [3.05, 3.63) is 131 Å². The maximum absolute atomic E-state index is 14.4. The summed E-state index contributed by atoms with van der Waals surface area (Å²) >= 11 is 6.28. The average Bonchev–Trinajstić information content (AvgIpc) is 3.02. The Labute approximate surface area is 269 Å². The highest BCUT2D eigenvalue weighted by molar-refractivity contribution is 7.92. The van der Waals surface area contributed by atoms with Gasteiger partial charge in [-0.05, 0) is 79.9 Å². The number of anilines is 1. The van der Waals surface area contributed by atoms with E-state index in [4.69, 9.17) is 11.6 Å². The molecule has 2 atom stereocenters. The second-order valence-electron chi connectivity index (χ2n) is 11.0. The van der Waals surface area contributed by atoms with Crippen molar-refractivity contribution in [2.45, 2.75) is 57.1 Å². The van der Waals surface area contributed by atoms with Gasteiger partial charge in [0.1, 0.15) is 18.4 Å². The number of nitrogens with zero attached hydrogens (tertiary/aromatic N) is 2. The summed E-state index contributed by atoms with van der Waals surface area (Å²) in [6, 6.07) is 26.3. The van der Waals surface area contributed by atoms with Crippen LogP contribution in [0, 0.1) is 12.7 Å². The van der Waals surface area contributed by atoms with E-state index in [2.05, 4.69) is 5.32 Å². The van der Waals surface area contributed by atoms with Crippen LogP contribution < -0.4 is 9.62 Å². The molecule has 45 heavy (non-hydrogen) atoms. The summed E-state index contributed by atoms with van der Waals surface area (Å²) in [5.74, 6) is -1.53. The van der Waals surface area contributed by atoms with Gasteiger partial charge in [0.05, 0.1) is 10.6 Å². The number of carbonyl (C=O) groups is 2. The van der Waals surface area contributed by atoms with Gasteiger partial charge in [-0.1, -0.05) is 78.7 Å². The molecule has 2 amide bonds. The highest BCUT2D eigenvalue weighted by Crippen LogP contribution is 2.26. The van der Waals surface area contributed by atoms with Gasteiger partial charge in [0, 0.05) is 24.0 Å². The number of rotatable bonds is 13. The van der Waals surface area contributed by atoms with E-state index in [1.54, 1.807) is 36.4 Å². The molecule has 0 fully saturated rings. The molecule has 0 aliphatic rings. The Kier molecular flexibility index (Phi) is 11.4. The van der Waals surface area contributed by atoms with Crippen LogP contribution in [0.1, 0.15) is 37.0 Å². The Hall–Kier alpha value is -4.21. The monoisotopic (exact) mass is 649 g/mol. The third-order valence-corrected chi connectivity index (χ3v) is 9.54. The summed E-state index contributed by atoms with van der Waals surface area (Å²) in [6.45, 7) is 5.02. The number of halogens is 2. The van der Waals surface area contributed by atoms with E-state index in [1.807, 2.05) is 51.1 Å². The third-order valence-electron chi connectivity index (χ3n) is 7.52. The molecular formula is C35H37ClFN3O4S. The first-order chi connectivity index (χ1) is 21.5. The molecule has 0 aliphatic carbocycles. The van der Waals surface area contributed by atoms with Gasteiger partial charge in [-0.15, -0.1) is 0 Å². The van der Waals surface area contributed by atoms with Gasteiger partial charge in [0.15, 0.2) is 0 Å². The van der Waals surface area contributed by atoms with Gasteiger partial charge in [-0.2, -0.15) is 0 Å². The summed E-state index contributed by atoms with van der Waals surface area (Å²) in [4.78, 5) is 29.7. The smallest absolute Gasteiger partial charge is 0.264 e. The fourth-order valence-electron chi connectivity index (χ4n) is 4.80. The lowest BCUT2D eigenvalue weighted by molar-refractivity contribution is -0.140. The van der Waals surface area contributed by atoms with Gasteiger partial charge < -0.3 is 10.2 Å². The Balaban J connectivity index is 1.80. The maximum Gasteiger partial charge on any atom is 0.264 e. The molecule has 4 aromatic carbocycles. The van der Waals surface area contributed by atoms with Crippen molar-refractivity contribution < 1.29 is 22.4 Å². The normalized spacial score (nSPS) is 12.6. The van der Waals surface area contributed by atoms with Crippen LogP contribution in [0.15, 0.2) is 108 Å². The fourth-order valence-corrected chi connectivity index (χ4v) is 6.43. The van der Waals surface area contributed by atoms with Crippen LogP contribution in [0.4, 0.5) is 10.1 Å². The molecular weight excluding hydrogens is 613 g/mol. The predicted octanol–water partition coefficient (Wildman–Crippen LogP) is 6.54. The van der Waals surface area contributed by atoms with Crippen LogP contribution in [0.25, 0.3) is 0 Å². The molecule has 7 nitrogen and oxygen atoms in total. The SMILES string of the molecule is CC[C@H](C)NC(=O)[C@H](Cc1ccccc1)N(Cc1cccc(Cl)c1)C(=O)CN(c1ccc(F)cc1)S(=O)(=O)c1ccc(C)cc1. The van der Waals surface area contributed by atoms with Crippen LogP contribution in [-0.2, 0) is 32.6 Å². The summed E-state index contributed by atoms with van der Waals surface area (Å²) in [5.41, 5.74) is 2.46. The van der Waals surface area contributed by atoms with Crippen LogP contribution in [-0.4, -0.2) is 43.8 Å². The van der Waals surface area contributed by atoms with Crippen molar-refractivity contribution in [3.63, 3.8) is 0 Å². The molecule has 0 aliphatic heterocycles. The number of hydrogen-bond donors (Lipinski definition) is 1. The van der Waals surface area contributed by atoms with Gasteiger partial charge >= 0.3 is 0 Å². The van der Waals surface area contributed by atoms with E-state index < -0.39 is 34.3 Å². The number of carbonyl (C=O) groups excluding carboxylic acids is 2. The second-order valence-corrected chi connectivity index (χ2v) is 13.3. The van der Waals surface area contributed by atoms with Crippen molar-refractivity contribution in [1.82, 2.24) is 10.2 Å². The Morgan fingerprint density at radius 2 is 1.53 bits per heavy atom. The van der Waals surface area contributed by atoms with Gasteiger partial charge in [-0.3, -0.25) is 13.9 Å². The zero-order chi connectivity index (χ0) is 32.6. The number of aryl methyl sites for hydroxylation is 1. The molecule has 0 aromatic heterocycles. The van der Waals surface area contributed by atoms with E-state index in [9.17, 15) is 22.4 Å². The number of hydrogen-bond acceptors (Lipinski definition) is 4. The molecule has 0 heterocycles. The lowest BCUT2D eigenvalue weighted by atomic mass is 10.0. The predicted molar refractivity (Wildman–Crippen MR) is 176 cm³/mol. The zero-order valence-electron chi connectivity index (χ0n) is 25.5. The highest BCUT2D eigenvalue weighted by Gasteiger charge is 2.35. The molecule has 0 unspecified atom stereocenters. The van der Waals surface area contributed by atoms with Crippen LogP contribution in [0.2, 0.25) is 5.02 Å². The molecule has 4 aromatic rings. The molecule has 0 radical (unpaired) electrons. The minimum absolute atomic E-state index is 0.00729. The topological polar surface area (TPSA) is 86.8 Å². The third kappa shape index (κ3) is 8.93. The zero-order valence-corrected chi connectivity index (χ0v) is 27.1. The Bertz CT molecular complexity index is 1700. The van der Waals surface area contributed by atoms with Gasteiger partial charge in [0.2, 0.25) is 11.8 Å². The Morgan fingerprint density at radius 3 is 2.16 bits per heavy atom. The summed E-state index contributed by atoms with van der Waals surface area (Å²) in [5, 5.41) is 3.46. The first-order valence-electron chi connectivity index (χ1n) is 14.7. The number of nitrogens with one attached hydrogen (secondary N) is 1. The fraction of sp³-hybridized carbons (Fsp3) is 0.257. The van der Waals surface area contributed by atoms with Crippen molar-refractivity contribution in [3.8, 4) is 0 Å². The maximum atomic E-state index is 14.4. The second kappa shape index (κ2) is 15.2. The van der Waals surface area contributed by atoms with E-state index in [0.717, 1.165) is 27.6 Å². The molecule has 0 spiro atoms. The quantitative estimate of drug-likeness (QED) is 0.178. The van der Waals surface area contributed by atoms with E-state index in [0.29, 0.717) is 17.0 Å². The molecule has 0 saturated heterocycles. The van der Waals surface area contributed by atoms with Crippen LogP contribution in [0.5, 0.6) is 0 Å². The van der Waals surface area contributed by atoms with Crippen molar-refractivity contribution in [1.29, 1.82) is 0 Å². The summed E-state index contributed by atoms with van der Waals surface area (Å²) < 4.78 is 42.9. The van der Waals surface area contributed by atoms with E-state index in [-0.39, 0.29) is 35.5 Å². The molecule has 236 valence electrons. The van der Waals surface area contributed by atoms with Crippen LogP contribution in [0.3, 0.4) is 0 Å². The minimum atomic E-state index is -4.28. The summed E-state index contributed by atoms with van der Waals surface area (Å²) in [7, 11) is -4.28. The molecule has 0 saturated carbocycles. The van der Waals surface area contributed by atoms with Crippen molar-refractivity contribution in [2.24, 2.45) is 0 Å². The van der Waals surface area contributed by atoms with Crippen molar-refractivity contribution >= 4 is 39.1 Å². The number of benzene rings is 4. The molecule has 4 rings (SSSR count). The minimum Gasteiger partial charge on any atom is -0.352 e. The molecule has 10 heteroatoms. The molecule has 0 bridgehead atoms. The number of sulfonamides is 1. The van der Waals surface area contributed by atoms with Gasteiger partial charge in [0.25, 0.3) is 10.0 Å². The first-order valence-corrected chi connectivity index (χ1v) is 16.5. The number of amides is 2. The van der Waals surface area contributed by atoms with E-state index >= 15 is 0 Å². The first kappa shape index (κ1) is 33.7. The lowest BCUT2D eigenvalue weighted by Gasteiger charge is -2.34. The van der Waals surface area contributed by atoms with E-state index in [1.165, 1.54) is 29.2 Å². The average molecular weight is 650 g/mol. The summed E-state index contributed by atoms with van der Waals surface area (Å²) in [6.07, 6.45) is 0.871. The lowest BCUT2D eigenvalue weighted by Crippen LogP contribution is -2.54. The molecule has 1 N–H and O–H groups in total. The Morgan fingerprint density at radius 1 is 0.889 bits per heavy atom. The van der Waals surface area contributed by atoms with Gasteiger partial charge in [-0.25, -0.2) is 12.8 Å². The van der Waals surface area contributed by atoms with Crippen LogP contribution >= 0.6 is 11.6 Å². The standard InChI is InChI=1S/C35H37ClFN3O4S/c1-4-26(3)38-35(42)33(22-27-9-6-5-7-10-27)39(23-28-11-8-12-29(36)21-28)34(41)24-40(31-17-15-30(37)16-18-31)45(43,44)32-19-13-25(2)14-20-32/h5-21,26,33H,4,22-24H2,1-3H3,(H,38,42)/t26-,33-/m0/s1. The highest BCUT2D eigenvalue weighted by atomic mass is 35.5. The largest absolute Gasteiger partial charge is 0.352 e.